The van der Waals surface area contributed by atoms with Crippen molar-refractivity contribution in [3.63, 3.8) is 0 Å². The maximum absolute atomic E-state index is 4.50. The van der Waals surface area contributed by atoms with E-state index in [1.54, 1.807) is 0 Å². The Kier molecular flexibility index (Phi) is 3.80. The summed E-state index contributed by atoms with van der Waals surface area (Å²) in [6.07, 6.45) is 1.85. The van der Waals surface area contributed by atoms with Crippen molar-refractivity contribution in [3.8, 4) is 11.3 Å². The SMILES string of the molecule is [CH2-]c1ccccc1-c1nccc2ccccc12.[Ir]. The first-order valence-electron chi connectivity index (χ1n) is 5.61. The number of aromatic nitrogens is 1. The normalized spacial score (nSPS) is 10.0. The van der Waals surface area contributed by atoms with E-state index in [0.717, 1.165) is 16.8 Å². The molecule has 2 heteroatoms. The molecule has 0 bridgehead atoms. The molecule has 0 atom stereocenters. The molecule has 0 saturated heterocycles. The summed E-state index contributed by atoms with van der Waals surface area (Å²) >= 11 is 0. The molecule has 2 aromatic carbocycles. The molecule has 0 aliphatic rings. The van der Waals surface area contributed by atoms with Crippen LogP contribution in [0.5, 0.6) is 0 Å². The number of hydrogen-bond acceptors (Lipinski definition) is 1. The van der Waals surface area contributed by atoms with E-state index in [-0.39, 0.29) is 20.1 Å². The summed E-state index contributed by atoms with van der Waals surface area (Å²) in [6.45, 7) is 4.06. The van der Waals surface area contributed by atoms with Gasteiger partial charge in [0.15, 0.2) is 0 Å². The number of pyridine rings is 1. The van der Waals surface area contributed by atoms with Gasteiger partial charge in [0.25, 0.3) is 0 Å². The molecule has 91 valence electrons. The van der Waals surface area contributed by atoms with Crippen LogP contribution in [0.3, 0.4) is 0 Å². The molecule has 1 heterocycles. The molecule has 0 N–H and O–H groups in total. The van der Waals surface area contributed by atoms with Gasteiger partial charge >= 0.3 is 0 Å². The quantitative estimate of drug-likeness (QED) is 0.551. The van der Waals surface area contributed by atoms with Crippen LogP contribution in [0.25, 0.3) is 22.0 Å². The zero-order chi connectivity index (χ0) is 11.7. The molecule has 0 aliphatic heterocycles. The van der Waals surface area contributed by atoms with Gasteiger partial charge in [-0.2, -0.15) is 18.6 Å². The molecule has 1 aromatic heterocycles. The summed E-state index contributed by atoms with van der Waals surface area (Å²) in [5.41, 5.74) is 3.12. The van der Waals surface area contributed by atoms with Crippen LogP contribution in [0, 0.1) is 6.92 Å². The number of benzene rings is 2. The van der Waals surface area contributed by atoms with Crippen LogP contribution in [0.15, 0.2) is 60.8 Å². The average Bonchev–Trinajstić information content (AvgIpc) is 2.39. The van der Waals surface area contributed by atoms with Crippen LogP contribution in [0.4, 0.5) is 0 Å². The molecule has 3 aromatic rings. The monoisotopic (exact) mass is 411 g/mol. The molecule has 0 aliphatic carbocycles. The van der Waals surface area contributed by atoms with Crippen molar-refractivity contribution in [2.75, 3.05) is 0 Å². The van der Waals surface area contributed by atoms with Gasteiger partial charge in [-0.3, -0.25) is 4.98 Å². The first kappa shape index (κ1) is 12.8. The average molecular weight is 410 g/mol. The van der Waals surface area contributed by atoms with E-state index < -0.39 is 0 Å². The first-order valence-corrected chi connectivity index (χ1v) is 5.61. The molecule has 0 saturated carbocycles. The first-order chi connectivity index (χ1) is 8.36. The van der Waals surface area contributed by atoms with Crippen molar-refractivity contribution < 1.29 is 20.1 Å². The standard InChI is InChI=1S/C16H12N.Ir/c1-12-6-2-4-8-14(12)16-15-9-5-3-7-13(15)10-11-17-16;/h2-11H,1H2;/q-1;. The Balaban J connectivity index is 0.00000120. The number of hydrogen-bond donors (Lipinski definition) is 0. The third-order valence-corrected chi connectivity index (χ3v) is 2.95. The Hall–Kier alpha value is -1.63. The zero-order valence-corrected chi connectivity index (χ0v) is 12.2. The molecule has 1 radical (unpaired) electrons. The smallest absolute Gasteiger partial charge is 0.0268 e. The van der Waals surface area contributed by atoms with Gasteiger partial charge in [-0.15, -0.1) is 17.7 Å². The fourth-order valence-electron chi connectivity index (χ4n) is 2.09. The maximum atomic E-state index is 4.50. The van der Waals surface area contributed by atoms with Crippen LogP contribution in [0.1, 0.15) is 5.56 Å². The largest absolute Gasteiger partial charge is 0.269 e. The summed E-state index contributed by atoms with van der Waals surface area (Å²) in [4.78, 5) is 4.50. The Morgan fingerprint density at radius 1 is 0.833 bits per heavy atom. The minimum atomic E-state index is 0. The van der Waals surface area contributed by atoms with Gasteiger partial charge in [-0.05, 0) is 16.8 Å². The fraction of sp³-hybridized carbons (Fsp3) is 0. The van der Waals surface area contributed by atoms with Crippen LogP contribution in [-0.4, -0.2) is 4.98 Å². The zero-order valence-electron chi connectivity index (χ0n) is 9.76. The Morgan fingerprint density at radius 2 is 1.56 bits per heavy atom. The fourth-order valence-corrected chi connectivity index (χ4v) is 2.09. The van der Waals surface area contributed by atoms with E-state index in [0.29, 0.717) is 0 Å². The van der Waals surface area contributed by atoms with Crippen molar-refractivity contribution in [1.29, 1.82) is 0 Å². The third kappa shape index (κ3) is 2.17. The van der Waals surface area contributed by atoms with Gasteiger partial charge in [0.1, 0.15) is 0 Å². The maximum Gasteiger partial charge on any atom is 0.0268 e. The number of nitrogens with zero attached hydrogens (tertiary/aromatic N) is 1. The van der Waals surface area contributed by atoms with Crippen molar-refractivity contribution in [1.82, 2.24) is 4.98 Å². The molecular formula is C16H12IrN-. The van der Waals surface area contributed by atoms with E-state index in [1.807, 2.05) is 42.6 Å². The van der Waals surface area contributed by atoms with E-state index in [1.165, 1.54) is 10.8 Å². The van der Waals surface area contributed by atoms with Gasteiger partial charge in [0, 0.05) is 32.0 Å². The Labute approximate surface area is 120 Å². The Morgan fingerprint density at radius 3 is 2.39 bits per heavy atom. The Bertz CT molecular complexity index is 671. The third-order valence-electron chi connectivity index (χ3n) is 2.95. The second-order valence-corrected chi connectivity index (χ2v) is 4.04. The summed E-state index contributed by atoms with van der Waals surface area (Å²) in [7, 11) is 0. The summed E-state index contributed by atoms with van der Waals surface area (Å²) in [6, 6.07) is 18.4. The van der Waals surface area contributed by atoms with Gasteiger partial charge < -0.3 is 0 Å². The van der Waals surface area contributed by atoms with Crippen molar-refractivity contribution in [3.05, 3.63) is 73.3 Å². The summed E-state index contributed by atoms with van der Waals surface area (Å²) in [5.74, 6) is 0. The predicted molar refractivity (Wildman–Crippen MR) is 71.6 cm³/mol. The number of rotatable bonds is 1. The minimum absolute atomic E-state index is 0. The van der Waals surface area contributed by atoms with Crippen molar-refractivity contribution >= 4 is 10.8 Å². The van der Waals surface area contributed by atoms with Gasteiger partial charge in [0.2, 0.25) is 0 Å². The van der Waals surface area contributed by atoms with E-state index in [2.05, 4.69) is 30.1 Å². The molecule has 0 fully saturated rings. The molecule has 1 nitrogen and oxygen atoms in total. The van der Waals surface area contributed by atoms with E-state index >= 15 is 0 Å². The van der Waals surface area contributed by atoms with Crippen LogP contribution in [0.2, 0.25) is 0 Å². The van der Waals surface area contributed by atoms with Crippen LogP contribution >= 0.6 is 0 Å². The molecule has 0 amide bonds. The molecule has 3 rings (SSSR count). The van der Waals surface area contributed by atoms with Gasteiger partial charge in [-0.1, -0.05) is 30.3 Å². The van der Waals surface area contributed by atoms with E-state index in [9.17, 15) is 0 Å². The van der Waals surface area contributed by atoms with Crippen molar-refractivity contribution in [2.24, 2.45) is 0 Å². The second-order valence-electron chi connectivity index (χ2n) is 4.04. The van der Waals surface area contributed by atoms with E-state index in [4.69, 9.17) is 0 Å². The van der Waals surface area contributed by atoms with Gasteiger partial charge in [0.05, 0.1) is 0 Å². The summed E-state index contributed by atoms with van der Waals surface area (Å²) in [5, 5.41) is 2.38. The molecule has 0 unspecified atom stereocenters. The van der Waals surface area contributed by atoms with Gasteiger partial charge in [-0.25, -0.2) is 0 Å². The van der Waals surface area contributed by atoms with Crippen molar-refractivity contribution in [2.45, 2.75) is 0 Å². The second kappa shape index (κ2) is 5.34. The molecular weight excluding hydrogens is 398 g/mol. The minimum Gasteiger partial charge on any atom is -0.269 e. The van der Waals surface area contributed by atoms with Crippen LogP contribution in [-0.2, 0) is 20.1 Å². The van der Waals surface area contributed by atoms with Crippen LogP contribution < -0.4 is 0 Å². The predicted octanol–water partition coefficient (Wildman–Crippen LogP) is 4.08. The molecule has 18 heavy (non-hydrogen) atoms. The number of fused-ring (bicyclic) bond motifs is 1. The summed E-state index contributed by atoms with van der Waals surface area (Å²) < 4.78 is 0. The molecule has 0 spiro atoms. The topological polar surface area (TPSA) is 12.9 Å².